The Labute approximate surface area is 116 Å². The Morgan fingerprint density at radius 2 is 2.00 bits per heavy atom. The fourth-order valence-electron chi connectivity index (χ4n) is 2.08. The summed E-state index contributed by atoms with van der Waals surface area (Å²) in [5.74, 6) is 0.785. The van der Waals surface area contributed by atoms with Gasteiger partial charge in [-0.25, -0.2) is 9.78 Å². The highest BCUT2D eigenvalue weighted by Crippen LogP contribution is 2.32. The van der Waals surface area contributed by atoms with Crippen LogP contribution < -0.4 is 9.47 Å². The molecule has 0 fully saturated rings. The number of carboxylic acid groups (broad SMARTS) is 1. The molecule has 0 spiro atoms. The van der Waals surface area contributed by atoms with E-state index in [1.165, 1.54) is 6.08 Å². The average Bonchev–Trinajstić information content (AvgIpc) is 2.79. The van der Waals surface area contributed by atoms with Gasteiger partial charge in [0, 0.05) is 24.8 Å². The Balaban J connectivity index is 2.64. The van der Waals surface area contributed by atoms with Crippen LogP contribution in [0.3, 0.4) is 0 Å². The van der Waals surface area contributed by atoms with Crippen molar-refractivity contribution in [3.63, 3.8) is 0 Å². The summed E-state index contributed by atoms with van der Waals surface area (Å²) < 4.78 is 12.4. The summed E-state index contributed by atoms with van der Waals surface area (Å²) in [6, 6.07) is 3.61. The van der Waals surface area contributed by atoms with Gasteiger partial charge in [-0.1, -0.05) is 0 Å². The zero-order chi connectivity index (χ0) is 14.7. The Kier molecular flexibility index (Phi) is 3.93. The van der Waals surface area contributed by atoms with Crippen LogP contribution in [0, 0.1) is 0 Å². The van der Waals surface area contributed by atoms with E-state index in [-0.39, 0.29) is 0 Å². The second-order valence-corrected chi connectivity index (χ2v) is 4.08. The van der Waals surface area contributed by atoms with E-state index in [1.807, 2.05) is 17.6 Å². The van der Waals surface area contributed by atoms with E-state index in [2.05, 4.69) is 4.98 Å². The Morgan fingerprint density at radius 1 is 1.35 bits per heavy atom. The van der Waals surface area contributed by atoms with Crippen molar-refractivity contribution >= 4 is 23.1 Å². The molecular weight excluding hydrogens is 260 g/mol. The summed E-state index contributed by atoms with van der Waals surface area (Å²) >= 11 is 0. The molecule has 2 aromatic rings. The Bertz CT molecular complexity index is 673. The van der Waals surface area contributed by atoms with Crippen molar-refractivity contribution in [3.05, 3.63) is 24.0 Å². The van der Waals surface area contributed by atoms with Gasteiger partial charge >= 0.3 is 5.97 Å². The SMILES string of the molecule is CCn1c(/C=C/C(=O)O)nc2cc(OC)c(OC)cc21. The lowest BCUT2D eigenvalue weighted by Gasteiger charge is -2.08. The average molecular weight is 276 g/mol. The molecular formula is C14H16N2O4. The maximum Gasteiger partial charge on any atom is 0.328 e. The van der Waals surface area contributed by atoms with Crippen molar-refractivity contribution in [3.8, 4) is 11.5 Å². The van der Waals surface area contributed by atoms with Crippen LogP contribution in [0.15, 0.2) is 18.2 Å². The van der Waals surface area contributed by atoms with Crippen molar-refractivity contribution in [1.82, 2.24) is 9.55 Å². The molecule has 1 heterocycles. The molecule has 1 aromatic heterocycles. The molecule has 6 nitrogen and oxygen atoms in total. The quantitative estimate of drug-likeness (QED) is 0.847. The van der Waals surface area contributed by atoms with Crippen LogP contribution in [0.4, 0.5) is 0 Å². The number of ether oxygens (including phenoxy) is 2. The second kappa shape index (κ2) is 5.64. The maximum absolute atomic E-state index is 10.6. The number of imidazole rings is 1. The van der Waals surface area contributed by atoms with Gasteiger partial charge in [0.25, 0.3) is 0 Å². The highest BCUT2D eigenvalue weighted by atomic mass is 16.5. The molecule has 0 saturated heterocycles. The van der Waals surface area contributed by atoms with Crippen molar-refractivity contribution < 1.29 is 19.4 Å². The predicted octanol–water partition coefficient (Wildman–Crippen LogP) is 2.17. The highest BCUT2D eigenvalue weighted by Gasteiger charge is 2.13. The van der Waals surface area contributed by atoms with E-state index < -0.39 is 5.97 Å². The van der Waals surface area contributed by atoms with E-state index >= 15 is 0 Å². The molecule has 106 valence electrons. The van der Waals surface area contributed by atoms with Gasteiger partial charge in [-0.15, -0.1) is 0 Å². The Hall–Kier alpha value is -2.50. The third-order valence-corrected chi connectivity index (χ3v) is 2.97. The van der Waals surface area contributed by atoms with Crippen molar-refractivity contribution in [1.29, 1.82) is 0 Å². The first-order valence-electron chi connectivity index (χ1n) is 6.14. The first-order valence-corrected chi connectivity index (χ1v) is 6.14. The smallest absolute Gasteiger partial charge is 0.328 e. The molecule has 1 N–H and O–H groups in total. The van der Waals surface area contributed by atoms with Crippen LogP contribution in [0.2, 0.25) is 0 Å². The number of methoxy groups -OCH3 is 2. The summed E-state index contributed by atoms with van der Waals surface area (Å²) in [6.07, 6.45) is 2.55. The lowest BCUT2D eigenvalue weighted by atomic mass is 10.2. The van der Waals surface area contributed by atoms with Gasteiger partial charge in [-0.2, -0.15) is 0 Å². The summed E-state index contributed by atoms with van der Waals surface area (Å²) in [5, 5.41) is 8.71. The number of hydrogen-bond donors (Lipinski definition) is 1. The van der Waals surface area contributed by atoms with E-state index in [9.17, 15) is 4.79 Å². The normalized spacial score (nSPS) is 11.2. The summed E-state index contributed by atoms with van der Waals surface area (Å²) in [5.41, 5.74) is 1.60. The molecule has 1 aromatic carbocycles. The molecule has 6 heteroatoms. The summed E-state index contributed by atoms with van der Waals surface area (Å²) in [6.45, 7) is 2.64. The lowest BCUT2D eigenvalue weighted by Crippen LogP contribution is -1.98. The molecule has 0 aliphatic heterocycles. The highest BCUT2D eigenvalue weighted by molar-refractivity contribution is 5.87. The number of fused-ring (bicyclic) bond motifs is 1. The zero-order valence-electron chi connectivity index (χ0n) is 11.6. The number of aromatic nitrogens is 2. The molecule has 20 heavy (non-hydrogen) atoms. The van der Waals surface area contributed by atoms with Crippen LogP contribution in [0.5, 0.6) is 11.5 Å². The molecule has 0 bridgehead atoms. The number of rotatable bonds is 5. The minimum Gasteiger partial charge on any atom is -0.493 e. The number of aliphatic carboxylic acids is 1. The number of carboxylic acids is 1. The number of nitrogens with zero attached hydrogens (tertiary/aromatic N) is 2. The fraction of sp³-hybridized carbons (Fsp3) is 0.286. The van der Waals surface area contributed by atoms with E-state index in [0.29, 0.717) is 23.9 Å². The van der Waals surface area contributed by atoms with Gasteiger partial charge in [0.2, 0.25) is 0 Å². The van der Waals surface area contributed by atoms with Crippen LogP contribution >= 0.6 is 0 Å². The molecule has 0 aliphatic carbocycles. The lowest BCUT2D eigenvalue weighted by molar-refractivity contribution is -0.131. The molecule has 0 unspecified atom stereocenters. The van der Waals surface area contributed by atoms with E-state index in [0.717, 1.165) is 17.1 Å². The van der Waals surface area contributed by atoms with Crippen LogP contribution in [-0.4, -0.2) is 34.8 Å². The molecule has 0 aliphatic rings. The van der Waals surface area contributed by atoms with E-state index in [4.69, 9.17) is 14.6 Å². The first kappa shape index (κ1) is 13.9. The van der Waals surface area contributed by atoms with Crippen molar-refractivity contribution in [2.75, 3.05) is 14.2 Å². The monoisotopic (exact) mass is 276 g/mol. The predicted molar refractivity (Wildman–Crippen MR) is 75.2 cm³/mol. The number of hydrogen-bond acceptors (Lipinski definition) is 4. The number of aryl methyl sites for hydroxylation is 1. The molecule has 0 amide bonds. The largest absolute Gasteiger partial charge is 0.493 e. The second-order valence-electron chi connectivity index (χ2n) is 4.08. The minimum atomic E-state index is -1.00. The zero-order valence-corrected chi connectivity index (χ0v) is 11.6. The maximum atomic E-state index is 10.6. The summed E-state index contributed by atoms with van der Waals surface area (Å²) in [7, 11) is 3.13. The molecule has 2 rings (SSSR count). The van der Waals surface area contributed by atoms with Crippen molar-refractivity contribution in [2.45, 2.75) is 13.5 Å². The number of benzene rings is 1. The first-order chi connectivity index (χ1) is 9.60. The van der Waals surface area contributed by atoms with Gasteiger partial charge in [-0.05, 0) is 13.0 Å². The summed E-state index contributed by atoms with van der Waals surface area (Å²) in [4.78, 5) is 15.0. The van der Waals surface area contributed by atoms with Gasteiger partial charge in [0.05, 0.1) is 25.3 Å². The van der Waals surface area contributed by atoms with Crippen LogP contribution in [-0.2, 0) is 11.3 Å². The Morgan fingerprint density at radius 3 is 2.55 bits per heavy atom. The minimum absolute atomic E-state index is 0.584. The third kappa shape index (κ3) is 2.45. The fourth-order valence-corrected chi connectivity index (χ4v) is 2.08. The standard InChI is InChI=1S/C14H16N2O4/c1-4-16-10-8-12(20-3)11(19-2)7-9(10)15-13(16)5-6-14(17)18/h5-8H,4H2,1-3H3,(H,17,18)/b6-5+. The van der Waals surface area contributed by atoms with Crippen LogP contribution in [0.1, 0.15) is 12.7 Å². The van der Waals surface area contributed by atoms with Crippen molar-refractivity contribution in [2.24, 2.45) is 0 Å². The molecule has 0 saturated carbocycles. The molecule has 0 atom stereocenters. The van der Waals surface area contributed by atoms with Gasteiger partial charge in [-0.3, -0.25) is 0 Å². The topological polar surface area (TPSA) is 73.6 Å². The van der Waals surface area contributed by atoms with Crippen LogP contribution in [0.25, 0.3) is 17.1 Å². The van der Waals surface area contributed by atoms with E-state index in [1.54, 1.807) is 20.3 Å². The number of carbonyl (C=O) groups is 1. The van der Waals surface area contributed by atoms with Gasteiger partial charge in [0.1, 0.15) is 5.82 Å². The third-order valence-electron chi connectivity index (χ3n) is 2.97. The van der Waals surface area contributed by atoms with Gasteiger partial charge < -0.3 is 19.1 Å². The van der Waals surface area contributed by atoms with Gasteiger partial charge in [0.15, 0.2) is 11.5 Å². The molecule has 0 radical (unpaired) electrons.